The number of thiophene rings is 1. The molecule has 6 heteroatoms. The number of nitrogens with two attached hydrogens (primary N) is 1. The average molecular weight is 288 g/mol. The van der Waals surface area contributed by atoms with E-state index in [2.05, 4.69) is 16.8 Å². The Labute approximate surface area is 122 Å². The Kier molecular flexibility index (Phi) is 4.56. The van der Waals surface area contributed by atoms with Crippen LogP contribution in [0.3, 0.4) is 0 Å². The molecular formula is C14H16N4OS. The molecule has 0 aliphatic carbocycles. The number of aryl methyl sites for hydroxylation is 1. The number of hydrogen-bond acceptors (Lipinski definition) is 4. The van der Waals surface area contributed by atoms with Gasteiger partial charge >= 0.3 is 0 Å². The highest BCUT2D eigenvalue weighted by molar-refractivity contribution is 7.14. The van der Waals surface area contributed by atoms with Gasteiger partial charge in [-0.15, -0.1) is 11.3 Å². The second-order valence-electron chi connectivity index (χ2n) is 4.29. The molecule has 0 saturated carbocycles. The molecule has 20 heavy (non-hydrogen) atoms. The Bertz CT molecular complexity index is 662. The fourth-order valence-electron chi connectivity index (χ4n) is 1.68. The Balaban J connectivity index is 2.07. The van der Waals surface area contributed by atoms with Crippen LogP contribution in [0.15, 0.2) is 24.5 Å². The Morgan fingerprint density at radius 2 is 2.35 bits per heavy atom. The van der Waals surface area contributed by atoms with Gasteiger partial charge in [0.15, 0.2) is 0 Å². The quantitative estimate of drug-likeness (QED) is 0.859. The van der Waals surface area contributed by atoms with E-state index in [4.69, 9.17) is 5.73 Å². The molecule has 2 heterocycles. The molecule has 0 radical (unpaired) electrons. The van der Waals surface area contributed by atoms with E-state index < -0.39 is 0 Å². The van der Waals surface area contributed by atoms with Crippen molar-refractivity contribution in [1.29, 1.82) is 0 Å². The molecule has 0 aliphatic heterocycles. The van der Waals surface area contributed by atoms with Gasteiger partial charge in [0.2, 0.25) is 0 Å². The summed E-state index contributed by atoms with van der Waals surface area (Å²) in [6, 6.07) is 3.64. The third-order valence-electron chi connectivity index (χ3n) is 2.78. The number of amides is 1. The fourth-order valence-corrected chi connectivity index (χ4v) is 2.55. The summed E-state index contributed by atoms with van der Waals surface area (Å²) in [6.07, 6.45) is 3.58. The Hall–Kier alpha value is -2.10. The maximum Gasteiger partial charge on any atom is 0.264 e. The van der Waals surface area contributed by atoms with E-state index in [1.807, 2.05) is 23.9 Å². The van der Waals surface area contributed by atoms with Gasteiger partial charge in [0, 0.05) is 26.5 Å². The molecule has 0 aliphatic rings. The smallest absolute Gasteiger partial charge is 0.264 e. The summed E-state index contributed by atoms with van der Waals surface area (Å²) in [6.45, 7) is 0.796. The lowest BCUT2D eigenvalue weighted by Crippen LogP contribution is -2.26. The zero-order valence-electron chi connectivity index (χ0n) is 11.5. The van der Waals surface area contributed by atoms with Crippen molar-refractivity contribution in [3.63, 3.8) is 0 Å². The molecule has 0 fully saturated rings. The third kappa shape index (κ3) is 3.26. The van der Waals surface area contributed by atoms with Crippen LogP contribution < -0.4 is 5.73 Å². The first-order chi connectivity index (χ1) is 9.61. The number of carbonyl (C=O) groups excluding carboxylic acids is 1. The molecule has 0 saturated heterocycles. The minimum Gasteiger partial charge on any atom is -0.337 e. The van der Waals surface area contributed by atoms with Crippen molar-refractivity contribution in [2.45, 2.75) is 6.54 Å². The lowest BCUT2D eigenvalue weighted by Gasteiger charge is -2.15. The highest BCUT2D eigenvalue weighted by Gasteiger charge is 2.15. The van der Waals surface area contributed by atoms with Crippen LogP contribution in [0.1, 0.15) is 20.4 Å². The zero-order valence-corrected chi connectivity index (χ0v) is 12.3. The highest BCUT2D eigenvalue weighted by atomic mass is 32.1. The average Bonchev–Trinajstić information content (AvgIpc) is 3.05. The van der Waals surface area contributed by atoms with Gasteiger partial charge in [0.05, 0.1) is 22.8 Å². The predicted octanol–water partition coefficient (Wildman–Crippen LogP) is 1.06. The zero-order chi connectivity index (χ0) is 14.5. The van der Waals surface area contributed by atoms with Gasteiger partial charge in [0.25, 0.3) is 5.91 Å². The van der Waals surface area contributed by atoms with Crippen LogP contribution in [0.4, 0.5) is 0 Å². The minimum atomic E-state index is -0.0289. The van der Waals surface area contributed by atoms with Gasteiger partial charge in [-0.25, -0.2) is 4.98 Å². The van der Waals surface area contributed by atoms with E-state index in [1.165, 1.54) is 11.3 Å². The van der Waals surface area contributed by atoms with E-state index in [1.54, 1.807) is 24.2 Å². The highest BCUT2D eigenvalue weighted by Crippen LogP contribution is 2.17. The lowest BCUT2D eigenvalue weighted by atomic mass is 10.3. The fraction of sp³-hybridized carbons (Fsp3) is 0.286. The SMILES string of the molecule is CN(Cc1nccn1C)C(=O)c1ccc(C#CCN)s1. The van der Waals surface area contributed by atoms with Gasteiger partial charge in [-0.3, -0.25) is 4.79 Å². The van der Waals surface area contributed by atoms with E-state index >= 15 is 0 Å². The first-order valence-electron chi connectivity index (χ1n) is 6.12. The first kappa shape index (κ1) is 14.3. The predicted molar refractivity (Wildman–Crippen MR) is 79.3 cm³/mol. The molecule has 0 atom stereocenters. The molecule has 2 rings (SSSR count). The molecule has 0 bridgehead atoms. The Morgan fingerprint density at radius 1 is 1.55 bits per heavy atom. The van der Waals surface area contributed by atoms with E-state index in [-0.39, 0.29) is 5.91 Å². The van der Waals surface area contributed by atoms with Gasteiger partial charge < -0.3 is 15.2 Å². The second kappa shape index (κ2) is 6.37. The summed E-state index contributed by atoms with van der Waals surface area (Å²) < 4.78 is 1.90. The number of carbonyl (C=O) groups is 1. The van der Waals surface area contributed by atoms with Crippen molar-refractivity contribution in [2.75, 3.05) is 13.6 Å². The number of imidazole rings is 1. The summed E-state index contributed by atoms with van der Waals surface area (Å²) in [5.41, 5.74) is 5.33. The molecule has 2 aromatic heterocycles. The van der Waals surface area contributed by atoms with E-state index in [0.29, 0.717) is 18.0 Å². The monoisotopic (exact) mass is 288 g/mol. The van der Waals surface area contributed by atoms with Crippen LogP contribution in [0.2, 0.25) is 0 Å². The summed E-state index contributed by atoms with van der Waals surface area (Å²) in [5.74, 6) is 6.53. The molecule has 0 aromatic carbocycles. The third-order valence-corrected chi connectivity index (χ3v) is 3.77. The van der Waals surface area contributed by atoms with Crippen molar-refractivity contribution in [3.8, 4) is 11.8 Å². The summed E-state index contributed by atoms with van der Waals surface area (Å²) in [5, 5.41) is 0. The Morgan fingerprint density at radius 3 is 3.00 bits per heavy atom. The van der Waals surface area contributed by atoms with Crippen LogP contribution in [0.5, 0.6) is 0 Å². The van der Waals surface area contributed by atoms with Crippen LogP contribution in [0, 0.1) is 11.8 Å². The molecular weight excluding hydrogens is 272 g/mol. The van der Waals surface area contributed by atoms with Crippen molar-refractivity contribution in [3.05, 3.63) is 40.1 Å². The van der Waals surface area contributed by atoms with Gasteiger partial charge in [0.1, 0.15) is 5.82 Å². The van der Waals surface area contributed by atoms with Crippen molar-refractivity contribution >= 4 is 17.2 Å². The summed E-state index contributed by atoms with van der Waals surface area (Å²) >= 11 is 1.38. The van der Waals surface area contributed by atoms with E-state index in [9.17, 15) is 4.79 Å². The molecule has 2 aromatic rings. The normalized spacial score (nSPS) is 9.95. The topological polar surface area (TPSA) is 64.2 Å². The molecule has 0 spiro atoms. The number of nitrogens with zero attached hydrogens (tertiary/aromatic N) is 3. The van der Waals surface area contributed by atoms with E-state index in [0.717, 1.165) is 10.7 Å². The number of rotatable bonds is 3. The molecule has 104 valence electrons. The van der Waals surface area contributed by atoms with Crippen LogP contribution in [0.25, 0.3) is 0 Å². The molecule has 1 amide bonds. The maximum absolute atomic E-state index is 12.3. The van der Waals surface area contributed by atoms with Gasteiger partial charge in [-0.2, -0.15) is 0 Å². The minimum absolute atomic E-state index is 0.0289. The second-order valence-corrected chi connectivity index (χ2v) is 5.37. The summed E-state index contributed by atoms with van der Waals surface area (Å²) in [7, 11) is 3.67. The van der Waals surface area contributed by atoms with Crippen molar-refractivity contribution < 1.29 is 4.79 Å². The number of aromatic nitrogens is 2. The van der Waals surface area contributed by atoms with Gasteiger partial charge in [-0.05, 0) is 12.1 Å². The van der Waals surface area contributed by atoms with Crippen molar-refractivity contribution in [1.82, 2.24) is 14.5 Å². The van der Waals surface area contributed by atoms with Gasteiger partial charge in [-0.1, -0.05) is 11.8 Å². The van der Waals surface area contributed by atoms with Crippen LogP contribution in [-0.2, 0) is 13.6 Å². The number of hydrogen-bond donors (Lipinski definition) is 1. The lowest BCUT2D eigenvalue weighted by molar-refractivity contribution is 0.0785. The molecule has 5 nitrogen and oxygen atoms in total. The van der Waals surface area contributed by atoms with Crippen molar-refractivity contribution in [2.24, 2.45) is 12.8 Å². The first-order valence-corrected chi connectivity index (χ1v) is 6.94. The molecule has 0 unspecified atom stereocenters. The maximum atomic E-state index is 12.3. The molecule has 2 N–H and O–H groups in total. The summed E-state index contributed by atoms with van der Waals surface area (Å²) in [4.78, 5) is 19.7. The largest absolute Gasteiger partial charge is 0.337 e. The van der Waals surface area contributed by atoms with Crippen LogP contribution >= 0.6 is 11.3 Å². The van der Waals surface area contributed by atoms with Crippen LogP contribution in [-0.4, -0.2) is 34.0 Å². The standard InChI is InChI=1S/C14H16N4OS/c1-17-9-8-16-13(17)10-18(2)14(19)12-6-5-11(20-12)4-3-7-15/h5-6,8-9H,7,10,15H2,1-2H3.